The minimum Gasteiger partial charge on any atom is -0.394 e. The molecule has 1 unspecified atom stereocenters. The first-order valence-electron chi connectivity index (χ1n) is 16.8. The molecule has 0 aromatic heterocycles. The molecule has 3 saturated carbocycles. The average molecular weight is 601 g/mol. The van der Waals surface area contributed by atoms with Crippen LogP contribution in [0, 0.1) is 45.3 Å². The molecule has 0 aromatic rings. The van der Waals surface area contributed by atoms with E-state index >= 15 is 0 Å². The van der Waals surface area contributed by atoms with Crippen LogP contribution in [0.15, 0.2) is 36.5 Å². The van der Waals surface area contributed by atoms with Gasteiger partial charge in [-0.3, -0.25) is 0 Å². The largest absolute Gasteiger partial charge is 0.394 e. The Kier molecular flexibility index (Phi) is 7.98. The summed E-state index contributed by atoms with van der Waals surface area (Å²) in [4.78, 5) is 0. The van der Waals surface area contributed by atoms with Crippen molar-refractivity contribution in [1.29, 1.82) is 0 Å². The van der Waals surface area contributed by atoms with Gasteiger partial charge in [-0.25, -0.2) is 0 Å². The molecule has 2 aliphatic heterocycles. The first kappa shape index (κ1) is 31.9. The fourth-order valence-corrected chi connectivity index (χ4v) is 11.4. The van der Waals surface area contributed by atoms with Crippen LogP contribution in [-0.2, 0) is 14.2 Å². The van der Waals surface area contributed by atoms with E-state index in [1.165, 1.54) is 25.7 Å². The Labute approximate surface area is 258 Å². The Morgan fingerprint density at radius 1 is 1.02 bits per heavy atom. The third-order valence-electron chi connectivity index (χ3n) is 14.1. The maximum atomic E-state index is 10.7. The lowest BCUT2D eigenvalue weighted by molar-refractivity contribution is -0.329. The van der Waals surface area contributed by atoms with E-state index < -0.39 is 48.3 Å². The number of aliphatic hydroxyl groups is 4. The van der Waals surface area contributed by atoms with Crippen molar-refractivity contribution in [3.8, 4) is 0 Å². The van der Waals surface area contributed by atoms with Crippen molar-refractivity contribution in [1.82, 2.24) is 0 Å². The fraction of sp³-hybridized carbons (Fsp3) is 0.833. The summed E-state index contributed by atoms with van der Waals surface area (Å²) in [5.41, 5.74) is 0.805. The van der Waals surface area contributed by atoms with E-state index in [0.29, 0.717) is 23.7 Å². The third-order valence-corrected chi connectivity index (χ3v) is 14.1. The average Bonchev–Trinajstić information content (AvgIpc) is 3.35. The molecular formula is C36H56O7. The van der Waals surface area contributed by atoms with E-state index in [-0.39, 0.29) is 22.3 Å². The van der Waals surface area contributed by atoms with Crippen molar-refractivity contribution in [2.24, 2.45) is 45.3 Å². The summed E-state index contributed by atoms with van der Waals surface area (Å²) in [6, 6.07) is 0. The molecule has 7 heteroatoms. The van der Waals surface area contributed by atoms with Crippen LogP contribution in [0.3, 0.4) is 0 Å². The van der Waals surface area contributed by atoms with Gasteiger partial charge in [0.15, 0.2) is 6.29 Å². The summed E-state index contributed by atoms with van der Waals surface area (Å²) >= 11 is 0. The number of hydrogen-bond acceptors (Lipinski definition) is 7. The molecule has 7 nitrogen and oxygen atoms in total. The van der Waals surface area contributed by atoms with Crippen LogP contribution in [0.1, 0.15) is 86.5 Å². The van der Waals surface area contributed by atoms with Crippen molar-refractivity contribution in [3.05, 3.63) is 36.5 Å². The van der Waals surface area contributed by atoms with Crippen molar-refractivity contribution < 1.29 is 34.6 Å². The standard InChI is InChI=1S/C36H56O7/c1-21(2)9-8-10-22(3)23-13-15-34(7)25-14-16-36-26(35(25,20-41-36)18-17-33(23,34)6)11-12-27(32(36,4)5)43-31-30(40)29(39)28(38)24(19-37)42-31/h8-9,14,16,22-31,37-40H,1,10-13,15,17-20H2,2-7H3/b9-8+/t22-,23-,24-,25+,26+,27+,28-,29-,30-,31+,33-,34+,35?,36+/m1/s1. The quantitative estimate of drug-likeness (QED) is 0.243. The molecule has 5 fully saturated rings. The summed E-state index contributed by atoms with van der Waals surface area (Å²) < 4.78 is 19.2. The van der Waals surface area contributed by atoms with Gasteiger partial charge in [0.2, 0.25) is 0 Å². The number of fused-ring (bicyclic) bond motifs is 2. The van der Waals surface area contributed by atoms with E-state index in [1.807, 2.05) is 0 Å². The maximum Gasteiger partial charge on any atom is 0.186 e. The van der Waals surface area contributed by atoms with Gasteiger partial charge in [0, 0.05) is 16.7 Å². The molecule has 242 valence electrons. The van der Waals surface area contributed by atoms with Crippen molar-refractivity contribution in [2.45, 2.75) is 129 Å². The van der Waals surface area contributed by atoms with Gasteiger partial charge in [-0.2, -0.15) is 0 Å². The molecule has 43 heavy (non-hydrogen) atoms. The highest BCUT2D eigenvalue weighted by Gasteiger charge is 2.75. The Balaban J connectivity index is 1.26. The zero-order valence-electron chi connectivity index (χ0n) is 27.2. The highest BCUT2D eigenvalue weighted by Crippen LogP contribution is 2.77. The molecule has 0 radical (unpaired) electrons. The smallest absolute Gasteiger partial charge is 0.186 e. The van der Waals surface area contributed by atoms with Gasteiger partial charge in [0.05, 0.1) is 24.9 Å². The first-order valence-corrected chi connectivity index (χ1v) is 16.8. The lowest BCUT2D eigenvalue weighted by atomic mass is 9.38. The highest BCUT2D eigenvalue weighted by atomic mass is 16.7. The highest BCUT2D eigenvalue weighted by molar-refractivity contribution is 5.33. The van der Waals surface area contributed by atoms with Crippen molar-refractivity contribution in [2.75, 3.05) is 13.2 Å². The second-order valence-corrected chi connectivity index (χ2v) is 16.3. The van der Waals surface area contributed by atoms with Crippen LogP contribution in [-0.4, -0.2) is 76.1 Å². The molecule has 0 aromatic carbocycles. The molecule has 14 atom stereocenters. The molecule has 6 aliphatic rings. The van der Waals surface area contributed by atoms with Crippen LogP contribution >= 0.6 is 0 Å². The normalized spacial score (nSPS) is 52.5. The number of aliphatic hydroxyl groups excluding tert-OH is 4. The van der Waals surface area contributed by atoms with Gasteiger partial charge in [-0.1, -0.05) is 71.1 Å². The Bertz CT molecular complexity index is 1150. The van der Waals surface area contributed by atoms with Crippen LogP contribution in [0.2, 0.25) is 0 Å². The SMILES string of the molecule is C=C(C)/C=C/C[C@@H](C)[C@H]1CC[C@@]2(C)[C@@H]3C=C[C@]45OCC3(CC[C@]12C)[C@@H]4CC[C@H](O[C@@H]1O[C@H](CO)[C@@H](O)[C@@H](O)[C@H]1O)C5(C)C. The Morgan fingerprint density at radius 3 is 2.47 bits per heavy atom. The minimum absolute atomic E-state index is 0.104. The molecule has 0 amide bonds. The second-order valence-electron chi connectivity index (χ2n) is 16.3. The summed E-state index contributed by atoms with van der Waals surface area (Å²) in [6.07, 6.45) is 10.5. The number of hydrogen-bond donors (Lipinski definition) is 4. The van der Waals surface area contributed by atoms with Gasteiger partial charge >= 0.3 is 0 Å². The minimum atomic E-state index is -1.45. The first-order chi connectivity index (χ1) is 20.2. The summed E-state index contributed by atoms with van der Waals surface area (Å²) in [5.74, 6) is 2.19. The Hall–Kier alpha value is -1.06. The number of allylic oxidation sites excluding steroid dienone is 4. The van der Waals surface area contributed by atoms with Crippen molar-refractivity contribution >= 4 is 0 Å². The lowest BCUT2D eigenvalue weighted by Crippen LogP contribution is -2.66. The van der Waals surface area contributed by atoms with Crippen LogP contribution < -0.4 is 0 Å². The van der Waals surface area contributed by atoms with Gasteiger partial charge in [-0.05, 0) is 80.5 Å². The summed E-state index contributed by atoms with van der Waals surface area (Å²) in [5, 5.41) is 41.0. The zero-order valence-corrected chi connectivity index (χ0v) is 27.2. The maximum absolute atomic E-state index is 10.7. The van der Waals surface area contributed by atoms with Crippen LogP contribution in [0.5, 0.6) is 0 Å². The monoisotopic (exact) mass is 600 g/mol. The molecule has 1 spiro atoms. The molecule has 6 rings (SSSR count). The lowest BCUT2D eigenvalue weighted by Gasteiger charge is -2.65. The summed E-state index contributed by atoms with van der Waals surface area (Å²) in [6.45, 7) is 18.4. The molecule has 4 aliphatic carbocycles. The van der Waals surface area contributed by atoms with Gasteiger partial charge < -0.3 is 34.6 Å². The van der Waals surface area contributed by atoms with Crippen molar-refractivity contribution in [3.63, 3.8) is 0 Å². The molecular weight excluding hydrogens is 544 g/mol. The van der Waals surface area contributed by atoms with E-state index in [0.717, 1.165) is 31.4 Å². The number of ether oxygens (including phenoxy) is 3. The van der Waals surface area contributed by atoms with Gasteiger partial charge in [0.25, 0.3) is 0 Å². The second kappa shape index (κ2) is 10.8. The van der Waals surface area contributed by atoms with Gasteiger partial charge in [0.1, 0.15) is 24.4 Å². The molecule has 2 heterocycles. The summed E-state index contributed by atoms with van der Waals surface area (Å²) in [7, 11) is 0. The number of rotatable bonds is 7. The predicted octanol–water partition coefficient (Wildman–Crippen LogP) is 4.92. The van der Waals surface area contributed by atoms with E-state index in [2.05, 4.69) is 72.4 Å². The van der Waals surface area contributed by atoms with E-state index in [1.54, 1.807) is 0 Å². The molecule has 4 N–H and O–H groups in total. The third kappa shape index (κ3) is 4.32. The van der Waals surface area contributed by atoms with Crippen LogP contribution in [0.25, 0.3) is 0 Å². The molecule has 2 saturated heterocycles. The fourth-order valence-electron chi connectivity index (χ4n) is 11.4. The zero-order chi connectivity index (χ0) is 31.2. The topological polar surface area (TPSA) is 109 Å². The van der Waals surface area contributed by atoms with Gasteiger partial charge in [-0.15, -0.1) is 0 Å². The molecule has 2 bridgehead atoms. The Morgan fingerprint density at radius 2 is 1.77 bits per heavy atom. The predicted molar refractivity (Wildman–Crippen MR) is 165 cm³/mol. The van der Waals surface area contributed by atoms with E-state index in [9.17, 15) is 20.4 Å². The van der Waals surface area contributed by atoms with E-state index in [4.69, 9.17) is 14.2 Å². The van der Waals surface area contributed by atoms with Crippen LogP contribution in [0.4, 0.5) is 0 Å².